The Hall–Kier alpha value is -2.93. The van der Waals surface area contributed by atoms with E-state index >= 15 is 0 Å². The van der Waals surface area contributed by atoms with Gasteiger partial charge >= 0.3 is 0 Å². The van der Waals surface area contributed by atoms with Gasteiger partial charge in [-0.15, -0.1) is 10.2 Å². The Kier molecular flexibility index (Phi) is 6.51. The molecule has 0 atom stereocenters. The Morgan fingerprint density at radius 2 is 2.00 bits per heavy atom. The fourth-order valence-electron chi connectivity index (χ4n) is 3.83. The number of aromatic nitrogens is 3. The number of nitrogens with zero attached hydrogens (tertiary/aromatic N) is 4. The van der Waals surface area contributed by atoms with E-state index < -0.39 is 0 Å². The number of halogens is 1. The number of carbonyl (C=O) groups excluding carboxylic acids is 1. The number of aryl methyl sites for hydroxylation is 2. The summed E-state index contributed by atoms with van der Waals surface area (Å²) in [5, 5.41) is 8.59. The second-order valence-corrected chi connectivity index (χ2v) is 8.34. The van der Waals surface area contributed by atoms with Crippen LogP contribution in [0.1, 0.15) is 47.4 Å². The van der Waals surface area contributed by atoms with Crippen LogP contribution in [0.15, 0.2) is 39.3 Å². The number of rotatable bonds is 6. The van der Waals surface area contributed by atoms with Gasteiger partial charge in [-0.1, -0.05) is 17.7 Å². The van der Waals surface area contributed by atoms with Crippen molar-refractivity contribution < 1.29 is 13.6 Å². The highest BCUT2D eigenvalue weighted by Crippen LogP contribution is 2.23. The van der Waals surface area contributed by atoms with Gasteiger partial charge < -0.3 is 13.7 Å². The molecular weight excluding hydrogens is 416 g/mol. The lowest BCUT2D eigenvalue weighted by molar-refractivity contribution is -0.127. The van der Waals surface area contributed by atoms with E-state index in [1.165, 1.54) is 0 Å². The zero-order valence-electron chi connectivity index (χ0n) is 17.7. The summed E-state index contributed by atoms with van der Waals surface area (Å²) in [6.07, 6.45) is 8.32. The van der Waals surface area contributed by atoms with Crippen molar-refractivity contribution in [3.8, 4) is 0 Å². The van der Waals surface area contributed by atoms with Crippen molar-refractivity contribution in [3.05, 3.63) is 70.1 Å². The van der Waals surface area contributed by atoms with Crippen molar-refractivity contribution in [1.29, 1.82) is 0 Å². The van der Waals surface area contributed by atoms with Crippen molar-refractivity contribution in [2.24, 2.45) is 5.92 Å². The zero-order valence-corrected chi connectivity index (χ0v) is 18.4. The van der Waals surface area contributed by atoms with Crippen LogP contribution in [-0.4, -0.2) is 39.1 Å². The third kappa shape index (κ3) is 5.61. The first-order valence-corrected chi connectivity index (χ1v) is 10.8. The Balaban J connectivity index is 1.36. The topological polar surface area (TPSA) is 85.3 Å². The number of amides is 1. The molecule has 0 aliphatic carbocycles. The van der Waals surface area contributed by atoms with Gasteiger partial charge in [0.25, 0.3) is 0 Å². The minimum atomic E-state index is 0.0138. The molecular formula is C23H25ClN4O3. The third-order valence-electron chi connectivity index (χ3n) is 5.48. The molecule has 3 heterocycles. The SMILES string of the molecule is Cc1cnc(Cc2cc(Cl)ccc2C=CC(=O)N2CCC(Cc3nnc(C)o3)CC2)o1. The maximum Gasteiger partial charge on any atom is 0.246 e. The second kappa shape index (κ2) is 9.47. The van der Waals surface area contributed by atoms with Crippen LogP contribution in [0.3, 0.4) is 0 Å². The van der Waals surface area contributed by atoms with Gasteiger partial charge in [0, 0.05) is 44.0 Å². The summed E-state index contributed by atoms with van der Waals surface area (Å²) in [4.78, 5) is 18.9. The zero-order chi connectivity index (χ0) is 21.8. The molecule has 0 spiro atoms. The van der Waals surface area contributed by atoms with Crippen molar-refractivity contribution in [3.63, 3.8) is 0 Å². The molecule has 3 aromatic rings. The molecule has 162 valence electrons. The van der Waals surface area contributed by atoms with Gasteiger partial charge in [-0.05, 0) is 55.0 Å². The second-order valence-electron chi connectivity index (χ2n) is 7.91. The van der Waals surface area contributed by atoms with Crippen LogP contribution in [0, 0.1) is 19.8 Å². The van der Waals surface area contributed by atoms with E-state index in [2.05, 4.69) is 15.2 Å². The summed E-state index contributed by atoms with van der Waals surface area (Å²) in [5.74, 6) is 3.13. The third-order valence-corrected chi connectivity index (χ3v) is 5.71. The van der Waals surface area contributed by atoms with Crippen LogP contribution in [0.25, 0.3) is 6.08 Å². The highest BCUT2D eigenvalue weighted by Gasteiger charge is 2.23. The molecule has 1 saturated heterocycles. The predicted octanol–water partition coefficient (Wildman–Crippen LogP) is 4.41. The summed E-state index contributed by atoms with van der Waals surface area (Å²) in [6.45, 7) is 5.11. The largest absolute Gasteiger partial charge is 0.446 e. The smallest absolute Gasteiger partial charge is 0.246 e. The van der Waals surface area contributed by atoms with Gasteiger partial charge in [0.05, 0.1) is 6.20 Å². The fourth-order valence-corrected chi connectivity index (χ4v) is 4.02. The van der Waals surface area contributed by atoms with Crippen molar-refractivity contribution in [2.45, 2.75) is 39.5 Å². The average Bonchev–Trinajstić information content (AvgIpc) is 3.35. The quantitative estimate of drug-likeness (QED) is 0.527. The molecule has 31 heavy (non-hydrogen) atoms. The average molecular weight is 441 g/mol. The van der Waals surface area contributed by atoms with Crippen LogP contribution < -0.4 is 0 Å². The standard InChI is InChI=1S/C23H25ClN4O3/c1-15-14-25-21(30-15)13-19-12-20(24)5-3-18(19)4-6-23(29)28-9-7-17(8-10-28)11-22-27-26-16(2)31-22/h3-6,12,14,17H,7-11,13H2,1-2H3. The van der Waals surface area contributed by atoms with Gasteiger partial charge in [-0.3, -0.25) is 4.79 Å². The molecule has 1 aliphatic heterocycles. The maximum absolute atomic E-state index is 12.7. The molecule has 1 fully saturated rings. The molecule has 1 aromatic carbocycles. The molecule has 0 saturated carbocycles. The van der Waals surface area contributed by atoms with E-state index in [0.29, 0.717) is 35.0 Å². The van der Waals surface area contributed by atoms with Gasteiger partial charge in [-0.25, -0.2) is 4.98 Å². The van der Waals surface area contributed by atoms with Crippen molar-refractivity contribution in [2.75, 3.05) is 13.1 Å². The monoisotopic (exact) mass is 440 g/mol. The van der Waals surface area contributed by atoms with Crippen LogP contribution in [0.5, 0.6) is 0 Å². The minimum absolute atomic E-state index is 0.0138. The number of hydrogen-bond donors (Lipinski definition) is 0. The summed E-state index contributed by atoms with van der Waals surface area (Å²) < 4.78 is 11.1. The summed E-state index contributed by atoms with van der Waals surface area (Å²) >= 11 is 6.18. The van der Waals surface area contributed by atoms with Gasteiger partial charge in [0.1, 0.15) is 5.76 Å². The van der Waals surface area contributed by atoms with E-state index in [4.69, 9.17) is 20.4 Å². The first kappa shape index (κ1) is 21.3. The Morgan fingerprint density at radius 1 is 1.19 bits per heavy atom. The Bertz CT molecular complexity index is 1080. The van der Waals surface area contributed by atoms with Gasteiger partial charge in [0.15, 0.2) is 5.89 Å². The van der Waals surface area contributed by atoms with Crippen molar-refractivity contribution >= 4 is 23.6 Å². The fraction of sp³-hybridized carbons (Fsp3) is 0.391. The maximum atomic E-state index is 12.7. The molecule has 0 unspecified atom stereocenters. The Labute approximate surface area is 186 Å². The number of benzene rings is 1. The van der Waals surface area contributed by atoms with E-state index in [1.807, 2.05) is 36.1 Å². The van der Waals surface area contributed by atoms with E-state index in [0.717, 1.165) is 49.2 Å². The van der Waals surface area contributed by atoms with E-state index in [-0.39, 0.29) is 5.91 Å². The van der Waals surface area contributed by atoms with Crippen LogP contribution in [-0.2, 0) is 17.6 Å². The van der Waals surface area contributed by atoms with Crippen LogP contribution in [0.4, 0.5) is 0 Å². The summed E-state index contributed by atoms with van der Waals surface area (Å²) in [6, 6.07) is 5.62. The normalized spacial score (nSPS) is 15.1. The number of carbonyl (C=O) groups is 1. The number of hydrogen-bond acceptors (Lipinski definition) is 6. The molecule has 4 rings (SSSR count). The lowest BCUT2D eigenvalue weighted by Gasteiger charge is -2.30. The molecule has 2 aromatic heterocycles. The van der Waals surface area contributed by atoms with E-state index in [1.54, 1.807) is 19.2 Å². The molecule has 7 nitrogen and oxygen atoms in total. The lowest BCUT2D eigenvalue weighted by Crippen LogP contribution is -2.38. The van der Waals surface area contributed by atoms with E-state index in [9.17, 15) is 4.79 Å². The summed E-state index contributed by atoms with van der Waals surface area (Å²) in [7, 11) is 0. The first-order valence-electron chi connectivity index (χ1n) is 10.4. The predicted molar refractivity (Wildman–Crippen MR) is 117 cm³/mol. The Morgan fingerprint density at radius 3 is 2.68 bits per heavy atom. The first-order chi connectivity index (χ1) is 15.0. The highest BCUT2D eigenvalue weighted by atomic mass is 35.5. The van der Waals surface area contributed by atoms with Crippen LogP contribution >= 0.6 is 11.6 Å². The van der Waals surface area contributed by atoms with Crippen LogP contribution in [0.2, 0.25) is 5.02 Å². The number of oxazole rings is 1. The number of piperidine rings is 1. The highest BCUT2D eigenvalue weighted by molar-refractivity contribution is 6.30. The van der Waals surface area contributed by atoms with Gasteiger partial charge in [-0.2, -0.15) is 0 Å². The molecule has 0 N–H and O–H groups in total. The molecule has 1 aliphatic rings. The van der Waals surface area contributed by atoms with Gasteiger partial charge in [0.2, 0.25) is 17.7 Å². The molecule has 0 radical (unpaired) electrons. The molecule has 0 bridgehead atoms. The number of likely N-dealkylation sites (tertiary alicyclic amines) is 1. The lowest BCUT2D eigenvalue weighted by atomic mass is 9.93. The molecule has 1 amide bonds. The minimum Gasteiger partial charge on any atom is -0.446 e. The van der Waals surface area contributed by atoms with Crippen molar-refractivity contribution in [1.82, 2.24) is 20.1 Å². The molecule has 8 heteroatoms. The summed E-state index contributed by atoms with van der Waals surface area (Å²) in [5.41, 5.74) is 1.89.